The summed E-state index contributed by atoms with van der Waals surface area (Å²) in [5.41, 5.74) is 0. The van der Waals surface area contributed by atoms with Crippen molar-refractivity contribution in [3.05, 3.63) is 0 Å². The molecule has 0 radical (unpaired) electrons. The molecule has 0 unspecified atom stereocenters. The van der Waals surface area contributed by atoms with E-state index in [1.165, 1.54) is 44.9 Å². The van der Waals surface area contributed by atoms with Crippen LogP contribution in [0.3, 0.4) is 0 Å². The fourth-order valence-corrected chi connectivity index (χ4v) is 4.16. The molecule has 0 aromatic carbocycles. The smallest absolute Gasteiger partial charge is 0.222 e. The molecule has 2 aliphatic rings. The van der Waals surface area contributed by atoms with Crippen LogP contribution in [0.15, 0.2) is 4.99 Å². The third-order valence-electron chi connectivity index (χ3n) is 5.89. The lowest BCUT2D eigenvalue weighted by Gasteiger charge is -2.21. The van der Waals surface area contributed by atoms with Crippen LogP contribution in [0, 0.1) is 0 Å². The van der Waals surface area contributed by atoms with E-state index < -0.39 is 0 Å². The first kappa shape index (κ1) is 24.0. The summed E-state index contributed by atoms with van der Waals surface area (Å²) in [6.07, 6.45) is 15.6. The molecular weight excluding hydrogens is 364 g/mol. The third kappa shape index (κ3) is 10.9. The van der Waals surface area contributed by atoms with Crippen molar-refractivity contribution in [2.75, 3.05) is 39.3 Å². The summed E-state index contributed by atoms with van der Waals surface area (Å²) in [4.78, 5) is 18.7. The molecule has 6 heteroatoms. The summed E-state index contributed by atoms with van der Waals surface area (Å²) in [6, 6.07) is 0. The van der Waals surface area contributed by atoms with Crippen LogP contribution in [0.2, 0.25) is 0 Å². The second-order valence-corrected chi connectivity index (χ2v) is 8.42. The Bertz CT molecular complexity index is 464. The number of ether oxygens (including phenoxy) is 1. The number of nitrogens with one attached hydrogen (secondary N) is 2. The van der Waals surface area contributed by atoms with Crippen molar-refractivity contribution in [3.8, 4) is 0 Å². The molecule has 1 aliphatic carbocycles. The molecule has 1 heterocycles. The van der Waals surface area contributed by atoms with E-state index in [4.69, 9.17) is 4.74 Å². The summed E-state index contributed by atoms with van der Waals surface area (Å²) in [6.45, 7) is 7.33. The van der Waals surface area contributed by atoms with Crippen LogP contribution in [0.5, 0.6) is 0 Å². The van der Waals surface area contributed by atoms with Gasteiger partial charge in [-0.25, -0.2) is 0 Å². The number of rotatable bonds is 12. The van der Waals surface area contributed by atoms with E-state index in [-0.39, 0.29) is 0 Å². The summed E-state index contributed by atoms with van der Waals surface area (Å²) in [5, 5.41) is 6.75. The number of hydrogen-bond donors (Lipinski definition) is 2. The molecule has 1 saturated heterocycles. The Morgan fingerprint density at radius 2 is 1.86 bits per heavy atom. The molecule has 168 valence electrons. The van der Waals surface area contributed by atoms with Crippen LogP contribution in [-0.4, -0.2) is 62.2 Å². The summed E-state index contributed by atoms with van der Waals surface area (Å²) in [7, 11) is 0. The van der Waals surface area contributed by atoms with Crippen LogP contribution in [0.1, 0.15) is 90.4 Å². The van der Waals surface area contributed by atoms with Gasteiger partial charge in [-0.15, -0.1) is 0 Å². The quantitative estimate of drug-likeness (QED) is 0.292. The number of carbonyl (C=O) groups excluding carboxylic acids is 1. The normalized spacial score (nSPS) is 19.3. The van der Waals surface area contributed by atoms with Gasteiger partial charge in [-0.2, -0.15) is 0 Å². The molecule has 1 amide bonds. The molecule has 0 spiro atoms. The first-order valence-electron chi connectivity index (χ1n) is 12.2. The lowest BCUT2D eigenvalue weighted by atomic mass is 9.98. The molecule has 6 nitrogen and oxygen atoms in total. The maximum Gasteiger partial charge on any atom is 0.222 e. The van der Waals surface area contributed by atoms with E-state index in [1.54, 1.807) is 0 Å². The largest absolute Gasteiger partial charge is 0.378 e. The summed E-state index contributed by atoms with van der Waals surface area (Å²) >= 11 is 0. The first-order chi connectivity index (χ1) is 14.3. The van der Waals surface area contributed by atoms with Gasteiger partial charge in [0.1, 0.15) is 0 Å². The Morgan fingerprint density at radius 3 is 2.69 bits per heavy atom. The van der Waals surface area contributed by atoms with Gasteiger partial charge in [-0.3, -0.25) is 9.79 Å². The molecule has 2 N–H and O–H groups in total. The highest BCUT2D eigenvalue weighted by Gasteiger charge is 2.15. The molecule has 0 aromatic rings. The Labute approximate surface area is 178 Å². The minimum atomic E-state index is 0.323. The Hall–Kier alpha value is -1.30. The zero-order valence-corrected chi connectivity index (χ0v) is 18.7. The van der Waals surface area contributed by atoms with E-state index in [9.17, 15) is 4.79 Å². The van der Waals surface area contributed by atoms with Crippen molar-refractivity contribution in [2.24, 2.45) is 4.99 Å². The fraction of sp³-hybridized carbons (Fsp3) is 0.913. The van der Waals surface area contributed by atoms with Gasteiger partial charge in [-0.05, 0) is 58.3 Å². The molecular formula is C23H44N4O2. The number of unbranched alkanes of at least 4 members (excludes halogenated alkanes) is 2. The number of guanidine groups is 1. The molecule has 29 heavy (non-hydrogen) atoms. The molecule has 2 fully saturated rings. The van der Waals surface area contributed by atoms with Crippen LogP contribution in [0.25, 0.3) is 0 Å². The third-order valence-corrected chi connectivity index (χ3v) is 5.89. The number of nitrogens with zero attached hydrogens (tertiary/aromatic N) is 2. The Morgan fingerprint density at radius 1 is 1.03 bits per heavy atom. The minimum absolute atomic E-state index is 0.323. The minimum Gasteiger partial charge on any atom is -0.378 e. The molecule has 0 atom stereocenters. The average Bonchev–Trinajstić information content (AvgIpc) is 2.95. The summed E-state index contributed by atoms with van der Waals surface area (Å²) in [5.74, 6) is 1.22. The predicted octanol–water partition coefficient (Wildman–Crippen LogP) is 3.85. The molecule has 1 aliphatic heterocycles. The van der Waals surface area contributed by atoms with Crippen molar-refractivity contribution in [1.29, 1.82) is 0 Å². The standard InChI is InChI=1S/C23H44N4O2/c1-2-24-23(26-17-12-19-27-18-10-4-8-15-22(27)28)25-16-9-5-11-20-29-21-13-6-3-7-14-21/h21H,2-20H2,1H3,(H2,24,25,26). The van der Waals surface area contributed by atoms with Crippen molar-refractivity contribution < 1.29 is 9.53 Å². The van der Waals surface area contributed by atoms with Gasteiger partial charge >= 0.3 is 0 Å². The van der Waals surface area contributed by atoms with Crippen molar-refractivity contribution in [3.63, 3.8) is 0 Å². The molecule has 1 saturated carbocycles. The average molecular weight is 409 g/mol. The van der Waals surface area contributed by atoms with Gasteiger partial charge in [0.15, 0.2) is 5.96 Å². The maximum atomic E-state index is 12.0. The van der Waals surface area contributed by atoms with Crippen molar-refractivity contribution in [1.82, 2.24) is 15.5 Å². The summed E-state index contributed by atoms with van der Waals surface area (Å²) < 4.78 is 6.00. The van der Waals surface area contributed by atoms with Gasteiger partial charge in [0.2, 0.25) is 5.91 Å². The van der Waals surface area contributed by atoms with Crippen molar-refractivity contribution >= 4 is 11.9 Å². The second kappa shape index (κ2) is 15.5. The van der Waals surface area contributed by atoms with E-state index in [1.807, 2.05) is 4.90 Å². The van der Waals surface area contributed by atoms with Gasteiger partial charge in [0, 0.05) is 45.8 Å². The molecule has 0 bridgehead atoms. The van der Waals surface area contributed by atoms with Gasteiger partial charge in [-0.1, -0.05) is 25.7 Å². The van der Waals surface area contributed by atoms with Gasteiger partial charge in [0.25, 0.3) is 0 Å². The predicted molar refractivity (Wildman–Crippen MR) is 120 cm³/mol. The van der Waals surface area contributed by atoms with Crippen LogP contribution >= 0.6 is 0 Å². The van der Waals surface area contributed by atoms with E-state index >= 15 is 0 Å². The fourth-order valence-electron chi connectivity index (χ4n) is 4.16. The highest BCUT2D eigenvalue weighted by atomic mass is 16.5. The lowest BCUT2D eigenvalue weighted by molar-refractivity contribution is -0.130. The monoisotopic (exact) mass is 408 g/mol. The van der Waals surface area contributed by atoms with Crippen LogP contribution < -0.4 is 10.6 Å². The van der Waals surface area contributed by atoms with E-state index in [0.717, 1.165) is 83.8 Å². The number of hydrogen-bond acceptors (Lipinski definition) is 3. The zero-order chi connectivity index (χ0) is 20.6. The van der Waals surface area contributed by atoms with Gasteiger partial charge in [0.05, 0.1) is 6.10 Å². The molecule has 2 rings (SSSR count). The lowest BCUT2D eigenvalue weighted by Crippen LogP contribution is -2.38. The van der Waals surface area contributed by atoms with Crippen LogP contribution in [0.4, 0.5) is 0 Å². The SMILES string of the molecule is CCNC(=NCCCN1CCCCCC1=O)NCCCCCOC1CCCCC1. The number of likely N-dealkylation sites (tertiary alicyclic amines) is 1. The molecule has 0 aromatic heterocycles. The Kier molecular flexibility index (Phi) is 12.8. The first-order valence-corrected chi connectivity index (χ1v) is 12.2. The highest BCUT2D eigenvalue weighted by Crippen LogP contribution is 2.20. The maximum absolute atomic E-state index is 12.0. The zero-order valence-electron chi connectivity index (χ0n) is 18.7. The highest BCUT2D eigenvalue weighted by molar-refractivity contribution is 5.79. The topological polar surface area (TPSA) is 66.0 Å². The number of aliphatic imine (C=N–C) groups is 1. The van der Waals surface area contributed by atoms with E-state index in [0.29, 0.717) is 12.0 Å². The number of carbonyl (C=O) groups is 1. The van der Waals surface area contributed by atoms with Gasteiger partial charge < -0.3 is 20.3 Å². The Balaban J connectivity index is 1.51. The second-order valence-electron chi connectivity index (χ2n) is 8.42. The van der Waals surface area contributed by atoms with Crippen molar-refractivity contribution in [2.45, 2.75) is 96.5 Å². The van der Waals surface area contributed by atoms with E-state index in [2.05, 4.69) is 22.5 Å². The number of amides is 1. The van der Waals surface area contributed by atoms with Crippen LogP contribution in [-0.2, 0) is 9.53 Å².